The Morgan fingerprint density at radius 2 is 2.06 bits per heavy atom. The third-order valence-corrected chi connectivity index (χ3v) is 2.39. The van der Waals surface area contributed by atoms with Crippen LogP contribution >= 0.6 is 0 Å². The van der Waals surface area contributed by atoms with Gasteiger partial charge in [0.05, 0.1) is 5.52 Å². The van der Waals surface area contributed by atoms with Gasteiger partial charge in [0.25, 0.3) is 0 Å². The van der Waals surface area contributed by atoms with E-state index in [2.05, 4.69) is 4.99 Å². The third kappa shape index (κ3) is 1.69. The quantitative estimate of drug-likeness (QED) is 0.680. The van der Waals surface area contributed by atoms with E-state index in [4.69, 9.17) is 0 Å². The molecule has 0 fully saturated rings. The van der Waals surface area contributed by atoms with Gasteiger partial charge in [-0.1, -0.05) is 18.2 Å². The molecule has 0 unspecified atom stereocenters. The number of fused-ring (bicyclic) bond motifs is 1. The van der Waals surface area contributed by atoms with Crippen LogP contribution in [0.4, 0.5) is 0 Å². The van der Waals surface area contributed by atoms with Crippen LogP contribution in [0.1, 0.15) is 12.5 Å². The van der Waals surface area contributed by atoms with Crippen molar-refractivity contribution >= 4 is 16.8 Å². The molecule has 2 rings (SSSR count). The van der Waals surface area contributed by atoms with Crippen molar-refractivity contribution in [2.24, 2.45) is 4.99 Å². The van der Waals surface area contributed by atoms with Crippen LogP contribution in [0, 0.1) is 6.92 Å². The number of benzene rings is 1. The summed E-state index contributed by atoms with van der Waals surface area (Å²) in [4.78, 5) is 14.7. The van der Waals surface area contributed by atoms with Crippen molar-refractivity contribution in [2.45, 2.75) is 13.8 Å². The highest BCUT2D eigenvalue weighted by Gasteiger charge is 2.03. The second-order valence-corrected chi connectivity index (χ2v) is 3.65. The predicted molar refractivity (Wildman–Crippen MR) is 60.1 cm³/mol. The van der Waals surface area contributed by atoms with E-state index < -0.39 is 0 Å². The Labute approximate surface area is 92.4 Å². The molecule has 2 aromatic rings. The van der Waals surface area contributed by atoms with Gasteiger partial charge in [-0.05, 0) is 24.6 Å². The van der Waals surface area contributed by atoms with Crippen molar-refractivity contribution in [3.05, 3.63) is 41.4 Å². The Bertz CT molecular complexity index is 626. The predicted octanol–water partition coefficient (Wildman–Crippen LogP) is 1.63. The fourth-order valence-corrected chi connectivity index (χ4v) is 1.69. The van der Waals surface area contributed by atoms with Crippen LogP contribution in [-0.4, -0.2) is 15.8 Å². The minimum atomic E-state index is -0.336. The van der Waals surface area contributed by atoms with Crippen LogP contribution in [0.25, 0.3) is 10.9 Å². The summed E-state index contributed by atoms with van der Waals surface area (Å²) in [6.45, 7) is 3.27. The Hall–Kier alpha value is -2.10. The Morgan fingerprint density at radius 1 is 1.38 bits per heavy atom. The van der Waals surface area contributed by atoms with Crippen LogP contribution in [0.5, 0.6) is 0 Å². The summed E-state index contributed by atoms with van der Waals surface area (Å²) in [7, 11) is 0. The maximum Gasteiger partial charge on any atom is 0.244 e. The summed E-state index contributed by atoms with van der Waals surface area (Å²) in [5.74, 6) is -0.336. The molecule has 1 aromatic heterocycles. The van der Waals surface area contributed by atoms with Crippen LogP contribution in [-0.2, 0) is 4.79 Å². The summed E-state index contributed by atoms with van der Waals surface area (Å²) in [5.41, 5.74) is 1.87. The summed E-state index contributed by atoms with van der Waals surface area (Å²) in [6.07, 6.45) is 0. The Balaban J connectivity index is 2.91. The molecule has 82 valence electrons. The average Bonchev–Trinajstić information content (AvgIpc) is 2.25. The Kier molecular flexibility index (Phi) is 2.48. The van der Waals surface area contributed by atoms with Crippen molar-refractivity contribution in [2.75, 3.05) is 0 Å². The van der Waals surface area contributed by atoms with Gasteiger partial charge < -0.3 is 5.21 Å². The summed E-state index contributed by atoms with van der Waals surface area (Å²) < 4.78 is 0.934. The molecule has 0 spiro atoms. The lowest BCUT2D eigenvalue weighted by Crippen LogP contribution is -2.20. The first-order valence-corrected chi connectivity index (χ1v) is 4.95. The highest BCUT2D eigenvalue weighted by Crippen LogP contribution is 2.14. The monoisotopic (exact) mass is 216 g/mol. The molecule has 0 aliphatic heterocycles. The highest BCUT2D eigenvalue weighted by molar-refractivity contribution is 5.82. The van der Waals surface area contributed by atoms with Gasteiger partial charge in [-0.2, -0.15) is 9.72 Å². The zero-order valence-electron chi connectivity index (χ0n) is 9.14. The normalized spacial score (nSPS) is 12.0. The molecule has 0 saturated heterocycles. The maximum absolute atomic E-state index is 10.9. The number of para-hydroxylation sites is 1. The van der Waals surface area contributed by atoms with Gasteiger partial charge in [-0.15, -0.1) is 0 Å². The van der Waals surface area contributed by atoms with Crippen molar-refractivity contribution in [3.63, 3.8) is 0 Å². The molecule has 1 N–H and O–H groups in total. The summed E-state index contributed by atoms with van der Waals surface area (Å²) in [5, 5.41) is 10.8. The molecule has 0 radical (unpaired) electrons. The van der Waals surface area contributed by atoms with E-state index >= 15 is 0 Å². The lowest BCUT2D eigenvalue weighted by Gasteiger charge is -2.06. The molecule has 0 saturated carbocycles. The number of carbonyl (C=O) groups excluding carboxylic acids is 1. The van der Waals surface area contributed by atoms with E-state index in [0.29, 0.717) is 5.52 Å². The van der Waals surface area contributed by atoms with Crippen molar-refractivity contribution in [1.29, 1.82) is 0 Å². The van der Waals surface area contributed by atoms with Crippen molar-refractivity contribution < 1.29 is 10.0 Å². The van der Waals surface area contributed by atoms with E-state index in [-0.39, 0.29) is 11.4 Å². The number of amides is 1. The topological polar surface area (TPSA) is 54.6 Å². The molecule has 1 heterocycles. The summed E-state index contributed by atoms with van der Waals surface area (Å²) >= 11 is 0. The number of aromatic nitrogens is 1. The molecular formula is C12H12N2O2. The van der Waals surface area contributed by atoms with E-state index in [1.807, 2.05) is 25.1 Å². The minimum Gasteiger partial charge on any atom is -0.426 e. The average molecular weight is 216 g/mol. The standard InChI is InChI=1S/C12H12N2O2/c1-8-7-12(13-9(2)15)14(16)11-6-4-3-5-10(8)11/h3-7,16H,1-2H3. The first kappa shape index (κ1) is 10.4. The van der Waals surface area contributed by atoms with Crippen LogP contribution in [0.3, 0.4) is 0 Å². The maximum atomic E-state index is 10.9. The first-order valence-electron chi connectivity index (χ1n) is 4.95. The number of hydrogen-bond donors (Lipinski definition) is 1. The second-order valence-electron chi connectivity index (χ2n) is 3.65. The lowest BCUT2D eigenvalue weighted by molar-refractivity contribution is -0.116. The lowest BCUT2D eigenvalue weighted by atomic mass is 10.1. The molecule has 0 aliphatic carbocycles. The molecule has 4 heteroatoms. The van der Waals surface area contributed by atoms with Gasteiger partial charge in [0, 0.05) is 12.3 Å². The molecule has 0 bridgehead atoms. The molecule has 4 nitrogen and oxygen atoms in total. The number of pyridine rings is 1. The highest BCUT2D eigenvalue weighted by atomic mass is 16.5. The van der Waals surface area contributed by atoms with Crippen LogP contribution < -0.4 is 5.49 Å². The molecule has 1 aromatic carbocycles. The van der Waals surface area contributed by atoms with Crippen molar-refractivity contribution in [1.82, 2.24) is 4.73 Å². The molecular weight excluding hydrogens is 204 g/mol. The third-order valence-electron chi connectivity index (χ3n) is 2.39. The van der Waals surface area contributed by atoms with Gasteiger partial charge in [-0.25, -0.2) is 0 Å². The smallest absolute Gasteiger partial charge is 0.244 e. The molecule has 16 heavy (non-hydrogen) atoms. The van der Waals surface area contributed by atoms with Gasteiger partial charge in [0.15, 0.2) is 5.49 Å². The Morgan fingerprint density at radius 3 is 2.75 bits per heavy atom. The fraction of sp³-hybridized carbons (Fsp3) is 0.167. The number of nitrogens with zero attached hydrogens (tertiary/aromatic N) is 2. The van der Waals surface area contributed by atoms with Gasteiger partial charge in [0.1, 0.15) is 0 Å². The number of rotatable bonds is 0. The van der Waals surface area contributed by atoms with Crippen LogP contribution in [0.2, 0.25) is 0 Å². The minimum absolute atomic E-state index is 0.253. The number of carbonyl (C=O) groups is 1. The molecule has 0 atom stereocenters. The SMILES string of the molecule is CC(=O)N=c1cc(C)c2ccccc2n1O. The van der Waals surface area contributed by atoms with E-state index in [1.165, 1.54) is 6.92 Å². The van der Waals surface area contributed by atoms with E-state index in [0.717, 1.165) is 15.7 Å². The van der Waals surface area contributed by atoms with E-state index in [9.17, 15) is 10.0 Å². The second kappa shape index (κ2) is 3.81. The summed E-state index contributed by atoms with van der Waals surface area (Å²) in [6, 6.07) is 9.10. The number of hydrogen-bond acceptors (Lipinski definition) is 2. The van der Waals surface area contributed by atoms with Crippen LogP contribution in [0.15, 0.2) is 35.3 Å². The van der Waals surface area contributed by atoms with E-state index in [1.54, 1.807) is 12.1 Å². The van der Waals surface area contributed by atoms with Crippen molar-refractivity contribution in [3.8, 4) is 0 Å². The fourth-order valence-electron chi connectivity index (χ4n) is 1.69. The van der Waals surface area contributed by atoms with Gasteiger partial charge in [-0.3, -0.25) is 4.79 Å². The first-order chi connectivity index (χ1) is 7.59. The zero-order chi connectivity index (χ0) is 11.7. The van der Waals surface area contributed by atoms with Gasteiger partial charge >= 0.3 is 0 Å². The zero-order valence-corrected chi connectivity index (χ0v) is 9.14. The molecule has 1 amide bonds. The largest absolute Gasteiger partial charge is 0.426 e. The molecule has 0 aliphatic rings. The number of aryl methyl sites for hydroxylation is 1. The van der Waals surface area contributed by atoms with Gasteiger partial charge in [0.2, 0.25) is 5.91 Å².